The Hall–Kier alpha value is -3.85. The third kappa shape index (κ3) is 4.11. The first kappa shape index (κ1) is 19.5. The van der Waals surface area contributed by atoms with Crippen LogP contribution in [0, 0.1) is 18.8 Å². The zero-order chi connectivity index (χ0) is 20.9. The maximum atomic E-state index is 12.1. The van der Waals surface area contributed by atoms with Crippen molar-refractivity contribution in [1.29, 1.82) is 0 Å². The Morgan fingerprint density at radius 2 is 1.80 bits per heavy atom. The Morgan fingerprint density at radius 1 is 1.13 bits per heavy atom. The van der Waals surface area contributed by atoms with Crippen LogP contribution in [0.5, 0.6) is 0 Å². The summed E-state index contributed by atoms with van der Waals surface area (Å²) in [6, 6.07) is 16.5. The molecule has 3 aromatic rings. The highest BCUT2D eigenvalue weighted by atomic mass is 16.5. The number of aromatic nitrogens is 2. The Balaban J connectivity index is 1.29. The maximum absolute atomic E-state index is 12.1. The predicted molar refractivity (Wildman–Crippen MR) is 116 cm³/mol. The summed E-state index contributed by atoms with van der Waals surface area (Å²) in [5.74, 6) is 6.27. The van der Waals surface area contributed by atoms with Crippen LogP contribution in [0.3, 0.4) is 0 Å². The molecule has 1 aliphatic rings. The van der Waals surface area contributed by atoms with Crippen LogP contribution >= 0.6 is 0 Å². The summed E-state index contributed by atoms with van der Waals surface area (Å²) in [5, 5.41) is 2.75. The number of nitrogens with one attached hydrogen (secondary N) is 1. The summed E-state index contributed by atoms with van der Waals surface area (Å²) in [6.45, 7) is 2.53. The zero-order valence-electron chi connectivity index (χ0n) is 16.7. The minimum atomic E-state index is -0.439. The van der Waals surface area contributed by atoms with Gasteiger partial charge in [-0.3, -0.25) is 0 Å². The van der Waals surface area contributed by atoms with E-state index in [0.29, 0.717) is 19.6 Å². The lowest BCUT2D eigenvalue weighted by molar-refractivity contribution is 0.143. The monoisotopic (exact) mass is 398 g/mol. The molecule has 0 bridgehead atoms. The van der Waals surface area contributed by atoms with Gasteiger partial charge in [-0.2, -0.15) is 0 Å². The average Bonchev–Trinajstić information content (AvgIpc) is 3.07. The van der Waals surface area contributed by atoms with Crippen LogP contribution < -0.4 is 11.1 Å². The fraction of sp³-hybridized carbons (Fsp3) is 0.208. The highest BCUT2D eigenvalue weighted by Gasteiger charge is 2.28. The molecule has 0 radical (unpaired) electrons. The van der Waals surface area contributed by atoms with Crippen LogP contribution in [0.1, 0.15) is 34.7 Å². The van der Waals surface area contributed by atoms with Gasteiger partial charge >= 0.3 is 6.09 Å². The Kier molecular flexibility index (Phi) is 5.62. The lowest BCUT2D eigenvalue weighted by atomic mass is 9.98. The SMILES string of the molecule is Cc1nc(N)ncc1C#CCCNC(=O)OCC1c2ccccc2-c2ccccc21. The fourth-order valence-corrected chi connectivity index (χ4v) is 3.64. The molecule has 3 N–H and O–H groups in total. The summed E-state index contributed by atoms with van der Waals surface area (Å²) in [6.07, 6.45) is 1.66. The number of amides is 1. The van der Waals surface area contributed by atoms with Crippen molar-refractivity contribution in [1.82, 2.24) is 15.3 Å². The van der Waals surface area contributed by atoms with Crippen LogP contribution in [0.25, 0.3) is 11.1 Å². The van der Waals surface area contributed by atoms with Gasteiger partial charge < -0.3 is 15.8 Å². The lowest BCUT2D eigenvalue weighted by Gasteiger charge is -2.14. The third-order valence-corrected chi connectivity index (χ3v) is 5.08. The summed E-state index contributed by atoms with van der Waals surface area (Å²) < 4.78 is 5.50. The van der Waals surface area contributed by atoms with Gasteiger partial charge in [0.15, 0.2) is 0 Å². The molecule has 1 amide bonds. The van der Waals surface area contributed by atoms with Crippen molar-refractivity contribution in [3.63, 3.8) is 0 Å². The molecule has 0 spiro atoms. The van der Waals surface area contributed by atoms with E-state index in [4.69, 9.17) is 10.5 Å². The van der Waals surface area contributed by atoms with Crippen LogP contribution in [0.2, 0.25) is 0 Å². The van der Waals surface area contributed by atoms with Crippen molar-refractivity contribution in [2.24, 2.45) is 0 Å². The van der Waals surface area contributed by atoms with E-state index in [2.05, 4.69) is 51.4 Å². The van der Waals surface area contributed by atoms with Crippen molar-refractivity contribution < 1.29 is 9.53 Å². The first-order valence-electron chi connectivity index (χ1n) is 9.80. The second-order valence-corrected chi connectivity index (χ2v) is 7.03. The Bertz CT molecular complexity index is 1100. The largest absolute Gasteiger partial charge is 0.449 e. The summed E-state index contributed by atoms with van der Waals surface area (Å²) in [7, 11) is 0. The zero-order valence-corrected chi connectivity index (χ0v) is 16.7. The average molecular weight is 398 g/mol. The molecule has 6 heteroatoms. The highest BCUT2D eigenvalue weighted by Crippen LogP contribution is 2.44. The van der Waals surface area contributed by atoms with Crippen LogP contribution in [-0.2, 0) is 4.74 Å². The van der Waals surface area contributed by atoms with Crippen molar-refractivity contribution in [3.05, 3.63) is 77.1 Å². The van der Waals surface area contributed by atoms with Gasteiger partial charge in [0.2, 0.25) is 5.95 Å². The van der Waals surface area contributed by atoms with E-state index in [0.717, 1.165) is 11.3 Å². The Morgan fingerprint density at radius 3 is 2.47 bits per heavy atom. The molecular weight excluding hydrogens is 376 g/mol. The molecule has 1 aliphatic carbocycles. The van der Waals surface area contributed by atoms with E-state index in [1.807, 2.05) is 31.2 Å². The summed E-state index contributed by atoms with van der Waals surface area (Å²) in [5.41, 5.74) is 11.8. The molecule has 1 aromatic heterocycles. The van der Waals surface area contributed by atoms with Crippen LogP contribution in [-0.4, -0.2) is 29.2 Å². The number of anilines is 1. The molecule has 1 heterocycles. The number of carbonyl (C=O) groups excluding carboxylic acids is 1. The van der Waals surface area contributed by atoms with E-state index in [1.54, 1.807) is 6.20 Å². The molecule has 150 valence electrons. The summed E-state index contributed by atoms with van der Waals surface area (Å²) >= 11 is 0. The first-order chi connectivity index (χ1) is 14.6. The molecule has 0 fully saturated rings. The standard InChI is InChI=1S/C24H22N4O2/c1-16-17(14-27-23(25)28-16)8-6-7-13-26-24(29)30-15-22-20-11-4-2-9-18(20)19-10-3-5-12-21(19)22/h2-5,9-12,14,22H,7,13,15H2,1H3,(H,26,29)(H2,25,27,28). The van der Waals surface area contributed by atoms with Crippen molar-refractivity contribution >= 4 is 12.0 Å². The molecule has 30 heavy (non-hydrogen) atoms. The minimum absolute atomic E-state index is 0.0523. The van der Waals surface area contributed by atoms with Gasteiger partial charge in [0.25, 0.3) is 0 Å². The number of hydrogen-bond donors (Lipinski definition) is 2. The third-order valence-electron chi connectivity index (χ3n) is 5.08. The fourth-order valence-electron chi connectivity index (χ4n) is 3.64. The number of nitrogens with zero attached hydrogens (tertiary/aromatic N) is 2. The predicted octanol–water partition coefficient (Wildman–Crippen LogP) is 3.65. The Labute approximate surface area is 175 Å². The smallest absolute Gasteiger partial charge is 0.407 e. The van der Waals surface area contributed by atoms with Gasteiger partial charge in [0, 0.05) is 25.1 Å². The molecule has 0 atom stereocenters. The summed E-state index contributed by atoms with van der Waals surface area (Å²) in [4.78, 5) is 20.1. The number of nitrogen functional groups attached to an aromatic ring is 1. The minimum Gasteiger partial charge on any atom is -0.449 e. The number of carbonyl (C=O) groups is 1. The normalized spacial score (nSPS) is 11.8. The molecule has 0 unspecified atom stereocenters. The van der Waals surface area contributed by atoms with Crippen LogP contribution in [0.15, 0.2) is 54.7 Å². The molecule has 4 rings (SSSR count). The van der Waals surface area contributed by atoms with E-state index in [1.165, 1.54) is 22.3 Å². The molecule has 2 aromatic carbocycles. The van der Waals surface area contributed by atoms with Gasteiger partial charge in [-0.05, 0) is 29.2 Å². The maximum Gasteiger partial charge on any atom is 0.407 e. The molecule has 0 saturated heterocycles. The number of hydrogen-bond acceptors (Lipinski definition) is 5. The van der Waals surface area contributed by atoms with Gasteiger partial charge in [0.1, 0.15) is 6.61 Å². The number of rotatable bonds is 4. The number of nitrogens with two attached hydrogens (primary N) is 1. The number of fused-ring (bicyclic) bond motifs is 3. The number of aryl methyl sites for hydroxylation is 1. The molecular formula is C24H22N4O2. The van der Waals surface area contributed by atoms with E-state index < -0.39 is 6.09 Å². The topological polar surface area (TPSA) is 90.1 Å². The van der Waals surface area contributed by atoms with Crippen LogP contribution in [0.4, 0.5) is 10.7 Å². The molecule has 0 saturated carbocycles. The van der Waals surface area contributed by atoms with Gasteiger partial charge in [-0.25, -0.2) is 14.8 Å². The first-order valence-corrected chi connectivity index (χ1v) is 9.80. The number of benzene rings is 2. The second kappa shape index (κ2) is 8.66. The highest BCUT2D eigenvalue weighted by molar-refractivity contribution is 5.79. The van der Waals surface area contributed by atoms with Gasteiger partial charge in [0.05, 0.1) is 11.3 Å². The van der Waals surface area contributed by atoms with E-state index >= 15 is 0 Å². The molecule has 6 nitrogen and oxygen atoms in total. The van der Waals surface area contributed by atoms with Crippen molar-refractivity contribution in [2.45, 2.75) is 19.3 Å². The molecule has 0 aliphatic heterocycles. The quantitative estimate of drug-likeness (QED) is 0.517. The lowest BCUT2D eigenvalue weighted by Crippen LogP contribution is -2.26. The van der Waals surface area contributed by atoms with Crippen molar-refractivity contribution in [2.75, 3.05) is 18.9 Å². The van der Waals surface area contributed by atoms with Gasteiger partial charge in [-0.15, -0.1) is 0 Å². The van der Waals surface area contributed by atoms with E-state index in [9.17, 15) is 4.79 Å². The number of ether oxygens (including phenoxy) is 1. The van der Waals surface area contributed by atoms with Crippen molar-refractivity contribution in [3.8, 4) is 23.0 Å². The van der Waals surface area contributed by atoms with Gasteiger partial charge in [-0.1, -0.05) is 60.4 Å². The van der Waals surface area contributed by atoms with E-state index in [-0.39, 0.29) is 11.9 Å². The second-order valence-electron chi connectivity index (χ2n) is 7.03. The number of alkyl carbamates (subject to hydrolysis) is 1.